The summed E-state index contributed by atoms with van der Waals surface area (Å²) in [5.74, 6) is -0.157. The Morgan fingerprint density at radius 3 is 2.47 bits per heavy atom. The van der Waals surface area contributed by atoms with Gasteiger partial charge in [-0.1, -0.05) is 30.3 Å². The number of para-hydroxylation sites is 1. The second-order valence-corrected chi connectivity index (χ2v) is 7.29. The number of aromatic nitrogens is 3. The molecule has 0 saturated carbocycles. The van der Waals surface area contributed by atoms with Gasteiger partial charge in [0.05, 0.1) is 12.2 Å². The van der Waals surface area contributed by atoms with E-state index in [-0.39, 0.29) is 17.8 Å². The topological polar surface area (TPSA) is 77.1 Å². The number of halogens is 1. The number of rotatable bonds is 7. The predicted molar refractivity (Wildman–Crippen MR) is 112 cm³/mol. The molecular formula is C22H25FN6O. The van der Waals surface area contributed by atoms with Crippen LogP contribution in [-0.4, -0.2) is 58.9 Å². The first-order chi connectivity index (χ1) is 14.7. The third-order valence-electron chi connectivity index (χ3n) is 5.37. The number of hydrogen-bond donors (Lipinski definition) is 2. The summed E-state index contributed by atoms with van der Waals surface area (Å²) in [5, 5.41) is 14.0. The molecule has 0 unspecified atom stereocenters. The summed E-state index contributed by atoms with van der Waals surface area (Å²) >= 11 is 0. The van der Waals surface area contributed by atoms with Gasteiger partial charge < -0.3 is 15.1 Å². The lowest BCUT2D eigenvalue weighted by atomic mass is 10.0. The predicted octanol–water partition coefficient (Wildman–Crippen LogP) is 2.36. The molecular weight excluding hydrogens is 383 g/mol. The van der Waals surface area contributed by atoms with Crippen LogP contribution in [0.3, 0.4) is 0 Å². The standard InChI is InChI=1S/C22H25FN6O/c23-18-8-6-17(7-9-18)22(20-16-25-27-26-20)24-11-10-21(30)29-14-12-28(13-15-29)19-4-2-1-3-5-19/h1-9,16,22,24H,10-15H2,(H,25,26,27)/t22-/m1/s1. The highest BCUT2D eigenvalue weighted by Gasteiger charge is 2.22. The molecule has 0 bridgehead atoms. The fourth-order valence-corrected chi connectivity index (χ4v) is 3.73. The Bertz CT molecular complexity index is 924. The summed E-state index contributed by atoms with van der Waals surface area (Å²) in [4.78, 5) is 16.9. The highest BCUT2D eigenvalue weighted by Crippen LogP contribution is 2.20. The van der Waals surface area contributed by atoms with E-state index in [4.69, 9.17) is 0 Å². The fraction of sp³-hybridized carbons (Fsp3) is 0.318. The van der Waals surface area contributed by atoms with Crippen molar-refractivity contribution in [1.82, 2.24) is 25.6 Å². The second-order valence-electron chi connectivity index (χ2n) is 7.29. The van der Waals surface area contributed by atoms with Crippen LogP contribution in [0.25, 0.3) is 0 Å². The van der Waals surface area contributed by atoms with Crippen LogP contribution >= 0.6 is 0 Å². The van der Waals surface area contributed by atoms with Crippen molar-refractivity contribution in [3.8, 4) is 0 Å². The molecule has 1 aliphatic rings. The number of H-pyrrole nitrogens is 1. The Balaban J connectivity index is 1.29. The molecule has 0 radical (unpaired) electrons. The Morgan fingerprint density at radius 1 is 1.07 bits per heavy atom. The lowest BCUT2D eigenvalue weighted by molar-refractivity contribution is -0.131. The van der Waals surface area contributed by atoms with Gasteiger partial charge >= 0.3 is 0 Å². The molecule has 7 nitrogen and oxygen atoms in total. The summed E-state index contributed by atoms with van der Waals surface area (Å²) in [6, 6.07) is 16.3. The van der Waals surface area contributed by atoms with E-state index in [9.17, 15) is 9.18 Å². The van der Waals surface area contributed by atoms with Gasteiger partial charge in [0.1, 0.15) is 11.5 Å². The SMILES string of the molecule is O=C(CCN[C@H](c1ccc(F)cc1)c1cn[nH]n1)N1CCN(c2ccccc2)CC1. The third kappa shape index (κ3) is 4.83. The third-order valence-corrected chi connectivity index (χ3v) is 5.37. The maximum atomic E-state index is 13.3. The van der Waals surface area contributed by atoms with Crippen molar-refractivity contribution in [2.75, 3.05) is 37.6 Å². The molecule has 1 fully saturated rings. The molecule has 2 heterocycles. The Morgan fingerprint density at radius 2 is 1.80 bits per heavy atom. The quantitative estimate of drug-likeness (QED) is 0.628. The maximum absolute atomic E-state index is 13.3. The molecule has 1 saturated heterocycles. The van der Waals surface area contributed by atoms with Gasteiger partial charge in [-0.2, -0.15) is 15.4 Å². The molecule has 30 heavy (non-hydrogen) atoms. The first-order valence-corrected chi connectivity index (χ1v) is 10.1. The van der Waals surface area contributed by atoms with Gasteiger partial charge in [-0.3, -0.25) is 4.79 Å². The van der Waals surface area contributed by atoms with Gasteiger partial charge in [-0.05, 0) is 29.8 Å². The second kappa shape index (κ2) is 9.49. The highest BCUT2D eigenvalue weighted by atomic mass is 19.1. The lowest BCUT2D eigenvalue weighted by Gasteiger charge is -2.36. The summed E-state index contributed by atoms with van der Waals surface area (Å²) in [5.41, 5.74) is 2.76. The number of aromatic amines is 1. The van der Waals surface area contributed by atoms with Gasteiger partial charge in [0.25, 0.3) is 0 Å². The van der Waals surface area contributed by atoms with Crippen molar-refractivity contribution in [2.24, 2.45) is 0 Å². The van der Waals surface area contributed by atoms with Crippen LogP contribution in [0, 0.1) is 5.82 Å². The van der Waals surface area contributed by atoms with Gasteiger partial charge in [-0.25, -0.2) is 4.39 Å². The zero-order valence-corrected chi connectivity index (χ0v) is 16.7. The van der Waals surface area contributed by atoms with Crippen LogP contribution in [0.4, 0.5) is 10.1 Å². The van der Waals surface area contributed by atoms with Crippen LogP contribution in [-0.2, 0) is 4.79 Å². The Kier molecular flexibility index (Phi) is 6.34. The summed E-state index contributed by atoms with van der Waals surface area (Å²) < 4.78 is 13.3. The average molecular weight is 408 g/mol. The van der Waals surface area contributed by atoms with E-state index >= 15 is 0 Å². The number of carbonyl (C=O) groups is 1. The first-order valence-electron chi connectivity index (χ1n) is 10.1. The van der Waals surface area contributed by atoms with E-state index in [1.165, 1.54) is 17.8 Å². The van der Waals surface area contributed by atoms with Gasteiger partial charge in [0, 0.05) is 44.8 Å². The number of piperazine rings is 1. The van der Waals surface area contributed by atoms with Crippen molar-refractivity contribution >= 4 is 11.6 Å². The maximum Gasteiger partial charge on any atom is 0.223 e. The molecule has 1 aliphatic heterocycles. The average Bonchev–Trinajstić information content (AvgIpc) is 3.33. The van der Waals surface area contributed by atoms with E-state index in [0.29, 0.717) is 18.7 Å². The number of amides is 1. The van der Waals surface area contributed by atoms with E-state index in [2.05, 4.69) is 37.8 Å². The van der Waals surface area contributed by atoms with Crippen molar-refractivity contribution in [3.05, 3.63) is 77.9 Å². The van der Waals surface area contributed by atoms with Crippen LogP contribution in [0.2, 0.25) is 0 Å². The van der Waals surface area contributed by atoms with Gasteiger partial charge in [0.15, 0.2) is 0 Å². The van der Waals surface area contributed by atoms with Crippen LogP contribution < -0.4 is 10.2 Å². The number of nitrogens with zero attached hydrogens (tertiary/aromatic N) is 4. The fourth-order valence-electron chi connectivity index (χ4n) is 3.73. The zero-order chi connectivity index (χ0) is 20.8. The summed E-state index contributed by atoms with van der Waals surface area (Å²) in [7, 11) is 0. The molecule has 1 amide bonds. The number of anilines is 1. The normalized spacial score (nSPS) is 15.2. The molecule has 2 aromatic carbocycles. The minimum absolute atomic E-state index is 0.133. The largest absolute Gasteiger partial charge is 0.368 e. The van der Waals surface area contributed by atoms with E-state index < -0.39 is 0 Å². The lowest BCUT2D eigenvalue weighted by Crippen LogP contribution is -2.49. The number of hydrogen-bond acceptors (Lipinski definition) is 5. The Hall–Kier alpha value is -3.26. The monoisotopic (exact) mass is 408 g/mol. The highest BCUT2D eigenvalue weighted by molar-refractivity contribution is 5.76. The molecule has 8 heteroatoms. The molecule has 2 N–H and O–H groups in total. The molecule has 0 spiro atoms. The van der Waals surface area contributed by atoms with Crippen molar-refractivity contribution in [1.29, 1.82) is 0 Å². The smallest absolute Gasteiger partial charge is 0.223 e. The molecule has 1 atom stereocenters. The molecule has 0 aliphatic carbocycles. The number of benzene rings is 2. The molecule has 4 rings (SSSR count). The first kappa shape index (κ1) is 20.0. The van der Waals surface area contributed by atoms with E-state index in [0.717, 1.165) is 31.7 Å². The van der Waals surface area contributed by atoms with Crippen molar-refractivity contribution in [3.63, 3.8) is 0 Å². The van der Waals surface area contributed by atoms with E-state index in [1.807, 2.05) is 23.1 Å². The van der Waals surface area contributed by atoms with Gasteiger partial charge in [-0.15, -0.1) is 0 Å². The van der Waals surface area contributed by atoms with Crippen LogP contribution in [0.1, 0.15) is 23.7 Å². The van der Waals surface area contributed by atoms with Crippen molar-refractivity contribution in [2.45, 2.75) is 12.5 Å². The number of carbonyl (C=O) groups excluding carboxylic acids is 1. The zero-order valence-electron chi connectivity index (χ0n) is 16.7. The minimum Gasteiger partial charge on any atom is -0.368 e. The van der Waals surface area contributed by atoms with E-state index in [1.54, 1.807) is 18.3 Å². The molecule has 156 valence electrons. The summed E-state index contributed by atoms with van der Waals surface area (Å²) in [6.45, 7) is 3.60. The Labute approximate surface area is 174 Å². The van der Waals surface area contributed by atoms with Crippen LogP contribution in [0.5, 0.6) is 0 Å². The molecule has 3 aromatic rings. The van der Waals surface area contributed by atoms with Gasteiger partial charge in [0.2, 0.25) is 5.91 Å². The van der Waals surface area contributed by atoms with Crippen molar-refractivity contribution < 1.29 is 9.18 Å². The number of nitrogens with one attached hydrogen (secondary N) is 2. The molecule has 1 aromatic heterocycles. The summed E-state index contributed by atoms with van der Waals surface area (Å²) in [6.07, 6.45) is 2.02. The van der Waals surface area contributed by atoms with Crippen LogP contribution in [0.15, 0.2) is 60.8 Å². The minimum atomic E-state index is -0.289.